The van der Waals surface area contributed by atoms with E-state index >= 15 is 0 Å². The van der Waals surface area contributed by atoms with Crippen molar-refractivity contribution in [1.29, 1.82) is 0 Å². The van der Waals surface area contributed by atoms with Crippen molar-refractivity contribution in [3.63, 3.8) is 0 Å². The zero-order valence-corrected chi connectivity index (χ0v) is 15.7. The lowest BCUT2D eigenvalue weighted by Crippen LogP contribution is -2.48. The Kier molecular flexibility index (Phi) is 5.48. The zero-order chi connectivity index (χ0) is 17.9. The van der Waals surface area contributed by atoms with Gasteiger partial charge in [0.05, 0.1) is 6.10 Å². The van der Waals surface area contributed by atoms with E-state index in [9.17, 15) is 0 Å². The number of nitrogens with two attached hydrogens (primary N) is 1. The Morgan fingerprint density at radius 1 is 0.920 bits per heavy atom. The quantitative estimate of drug-likeness (QED) is 0.780. The lowest BCUT2D eigenvalue weighted by molar-refractivity contribution is 0.222. The van der Waals surface area contributed by atoms with Crippen LogP contribution in [-0.4, -0.2) is 11.6 Å². The van der Waals surface area contributed by atoms with Crippen LogP contribution in [0.5, 0.6) is 5.75 Å². The van der Waals surface area contributed by atoms with E-state index in [2.05, 4.69) is 75.4 Å². The molecule has 1 saturated carbocycles. The molecule has 2 nitrogen and oxygen atoms in total. The van der Waals surface area contributed by atoms with E-state index in [1.807, 2.05) is 0 Å². The van der Waals surface area contributed by atoms with Gasteiger partial charge in [0.1, 0.15) is 5.75 Å². The molecule has 0 radical (unpaired) electrons. The smallest absolute Gasteiger partial charge is 0.119 e. The van der Waals surface area contributed by atoms with E-state index in [4.69, 9.17) is 10.5 Å². The average molecular weight is 338 g/mol. The first-order valence-electron chi connectivity index (χ1n) is 9.58. The van der Waals surface area contributed by atoms with Gasteiger partial charge in [-0.3, -0.25) is 0 Å². The van der Waals surface area contributed by atoms with Crippen molar-refractivity contribution in [1.82, 2.24) is 0 Å². The molecule has 2 aromatic carbocycles. The monoisotopic (exact) mass is 337 g/mol. The van der Waals surface area contributed by atoms with E-state index in [1.165, 1.54) is 24.0 Å². The van der Waals surface area contributed by atoms with Crippen molar-refractivity contribution in [2.45, 2.75) is 64.0 Å². The maximum Gasteiger partial charge on any atom is 0.119 e. The molecule has 1 aliphatic rings. The zero-order valence-electron chi connectivity index (χ0n) is 15.7. The van der Waals surface area contributed by atoms with Crippen molar-refractivity contribution in [2.24, 2.45) is 11.7 Å². The highest BCUT2D eigenvalue weighted by molar-refractivity contribution is 5.39. The fraction of sp³-hybridized carbons (Fsp3) is 0.478. The van der Waals surface area contributed by atoms with E-state index in [-0.39, 0.29) is 17.6 Å². The summed E-state index contributed by atoms with van der Waals surface area (Å²) in [6.07, 6.45) is 4.79. The van der Waals surface area contributed by atoms with Crippen LogP contribution in [0.25, 0.3) is 0 Å². The Morgan fingerprint density at radius 3 is 2.04 bits per heavy atom. The van der Waals surface area contributed by atoms with Crippen molar-refractivity contribution in [3.8, 4) is 5.75 Å². The predicted octanol–water partition coefficient (Wildman–Crippen LogP) is 5.51. The lowest BCUT2D eigenvalue weighted by Gasteiger charge is -2.43. The number of hydrogen-bond donors (Lipinski definition) is 1. The standard InChI is InChI=1S/C23H31NO/c1-17(2)25-21-11-9-20(10-12-21)22(19-7-5-4-6-8-19)23(24)15-13-18(3)14-16-23/h4-12,17-18,22H,13-16,24H2,1-3H3. The molecule has 2 N–H and O–H groups in total. The number of benzene rings is 2. The van der Waals surface area contributed by atoms with Crippen molar-refractivity contribution in [3.05, 3.63) is 65.7 Å². The van der Waals surface area contributed by atoms with Gasteiger partial charge in [0, 0.05) is 11.5 Å². The molecule has 0 amide bonds. The van der Waals surface area contributed by atoms with Gasteiger partial charge < -0.3 is 10.5 Å². The Balaban J connectivity index is 1.94. The molecule has 0 spiro atoms. The molecule has 0 bridgehead atoms. The first-order valence-corrected chi connectivity index (χ1v) is 9.58. The van der Waals surface area contributed by atoms with Crippen LogP contribution in [0.2, 0.25) is 0 Å². The van der Waals surface area contributed by atoms with Crippen LogP contribution in [-0.2, 0) is 0 Å². The van der Waals surface area contributed by atoms with Gasteiger partial charge in [-0.25, -0.2) is 0 Å². The molecule has 1 unspecified atom stereocenters. The fourth-order valence-electron chi connectivity index (χ4n) is 4.10. The summed E-state index contributed by atoms with van der Waals surface area (Å²) in [5.74, 6) is 1.94. The van der Waals surface area contributed by atoms with Crippen LogP contribution in [0.4, 0.5) is 0 Å². The second kappa shape index (κ2) is 7.61. The highest BCUT2D eigenvalue weighted by Gasteiger charge is 2.39. The summed E-state index contributed by atoms with van der Waals surface area (Å²) in [6, 6.07) is 19.3. The average Bonchev–Trinajstić information content (AvgIpc) is 2.60. The van der Waals surface area contributed by atoms with E-state index in [1.54, 1.807) is 0 Å². The molecule has 3 rings (SSSR count). The van der Waals surface area contributed by atoms with E-state index in [0.29, 0.717) is 0 Å². The molecule has 2 aromatic rings. The Hall–Kier alpha value is -1.80. The minimum absolute atomic E-state index is 0.172. The Bertz CT molecular complexity index is 654. The molecule has 2 heteroatoms. The topological polar surface area (TPSA) is 35.2 Å². The first kappa shape index (κ1) is 18.0. The van der Waals surface area contributed by atoms with Crippen LogP contribution in [0.15, 0.2) is 54.6 Å². The second-order valence-electron chi connectivity index (χ2n) is 8.00. The number of ether oxygens (including phenoxy) is 1. The third-order valence-electron chi connectivity index (χ3n) is 5.50. The molecule has 134 valence electrons. The summed E-state index contributed by atoms with van der Waals surface area (Å²) in [5.41, 5.74) is 9.45. The molecule has 0 heterocycles. The second-order valence-corrected chi connectivity index (χ2v) is 8.00. The first-order chi connectivity index (χ1) is 12.0. The third-order valence-corrected chi connectivity index (χ3v) is 5.50. The summed E-state index contributed by atoms with van der Waals surface area (Å²) in [7, 11) is 0. The number of rotatable bonds is 5. The molecule has 0 aliphatic heterocycles. The van der Waals surface area contributed by atoms with Crippen LogP contribution >= 0.6 is 0 Å². The molecule has 1 fully saturated rings. The summed E-state index contributed by atoms with van der Waals surface area (Å²) < 4.78 is 5.81. The SMILES string of the molecule is CC1CCC(N)(C(c2ccccc2)c2ccc(OC(C)C)cc2)CC1. The molecule has 0 aromatic heterocycles. The van der Waals surface area contributed by atoms with Crippen LogP contribution < -0.4 is 10.5 Å². The van der Waals surface area contributed by atoms with Gasteiger partial charge in [0.25, 0.3) is 0 Å². The molecule has 1 aliphatic carbocycles. The highest BCUT2D eigenvalue weighted by Crippen LogP contribution is 2.43. The normalized spacial score (nSPS) is 24.9. The largest absolute Gasteiger partial charge is 0.491 e. The summed E-state index contributed by atoms with van der Waals surface area (Å²) in [6.45, 7) is 6.45. The summed E-state index contributed by atoms with van der Waals surface area (Å²) >= 11 is 0. The minimum Gasteiger partial charge on any atom is -0.491 e. The minimum atomic E-state index is -0.172. The van der Waals surface area contributed by atoms with Gasteiger partial charge in [0.15, 0.2) is 0 Å². The van der Waals surface area contributed by atoms with E-state index < -0.39 is 0 Å². The fourth-order valence-corrected chi connectivity index (χ4v) is 4.10. The molecular formula is C23H31NO. The molecule has 1 atom stereocenters. The van der Waals surface area contributed by atoms with Gasteiger partial charge in [-0.05, 0) is 68.7 Å². The third kappa shape index (κ3) is 4.24. The van der Waals surface area contributed by atoms with Gasteiger partial charge in [-0.15, -0.1) is 0 Å². The summed E-state index contributed by atoms with van der Waals surface area (Å²) in [5, 5.41) is 0. The Labute approximate surface area is 152 Å². The Morgan fingerprint density at radius 2 is 1.48 bits per heavy atom. The van der Waals surface area contributed by atoms with Crippen molar-refractivity contribution >= 4 is 0 Å². The van der Waals surface area contributed by atoms with Crippen LogP contribution in [0.1, 0.15) is 63.5 Å². The van der Waals surface area contributed by atoms with Crippen LogP contribution in [0, 0.1) is 5.92 Å². The van der Waals surface area contributed by atoms with Gasteiger partial charge in [-0.2, -0.15) is 0 Å². The molecular weight excluding hydrogens is 306 g/mol. The maximum atomic E-state index is 7.02. The van der Waals surface area contributed by atoms with Crippen molar-refractivity contribution < 1.29 is 4.74 Å². The van der Waals surface area contributed by atoms with Gasteiger partial charge in [-0.1, -0.05) is 49.4 Å². The maximum absolute atomic E-state index is 7.02. The van der Waals surface area contributed by atoms with Crippen molar-refractivity contribution in [2.75, 3.05) is 0 Å². The highest BCUT2D eigenvalue weighted by atomic mass is 16.5. The summed E-state index contributed by atoms with van der Waals surface area (Å²) in [4.78, 5) is 0. The lowest BCUT2D eigenvalue weighted by atomic mass is 9.66. The van der Waals surface area contributed by atoms with Crippen LogP contribution in [0.3, 0.4) is 0 Å². The van der Waals surface area contributed by atoms with E-state index in [0.717, 1.165) is 24.5 Å². The molecule has 25 heavy (non-hydrogen) atoms. The predicted molar refractivity (Wildman–Crippen MR) is 105 cm³/mol. The molecule has 0 saturated heterocycles. The number of hydrogen-bond acceptors (Lipinski definition) is 2. The van der Waals surface area contributed by atoms with Gasteiger partial charge in [0.2, 0.25) is 0 Å². The van der Waals surface area contributed by atoms with Gasteiger partial charge >= 0.3 is 0 Å².